The number of benzene rings is 2. The van der Waals surface area contributed by atoms with Crippen molar-refractivity contribution in [3.63, 3.8) is 0 Å². The van der Waals surface area contributed by atoms with Crippen LogP contribution >= 0.6 is 11.3 Å². The summed E-state index contributed by atoms with van der Waals surface area (Å²) in [6.45, 7) is 3.64. The van der Waals surface area contributed by atoms with Gasteiger partial charge in [-0.25, -0.2) is 9.37 Å². The number of anilines is 1. The molecule has 4 aromatic rings. The molecule has 0 aliphatic heterocycles. The van der Waals surface area contributed by atoms with Crippen LogP contribution in [0, 0.1) is 12.7 Å². The monoisotopic (exact) mass is 407 g/mol. The van der Waals surface area contributed by atoms with Crippen LogP contribution in [0.5, 0.6) is 0 Å². The fraction of sp³-hybridized carbons (Fsp3) is 0.136. The third-order valence-electron chi connectivity index (χ3n) is 4.79. The summed E-state index contributed by atoms with van der Waals surface area (Å²) in [4.78, 5) is 30.8. The molecule has 1 atom stereocenters. The van der Waals surface area contributed by atoms with Gasteiger partial charge < -0.3 is 5.32 Å². The maximum atomic E-state index is 13.2. The number of aromatic nitrogens is 2. The Labute approximate surface area is 170 Å². The summed E-state index contributed by atoms with van der Waals surface area (Å²) in [5.74, 6) is -0.769. The first-order valence-corrected chi connectivity index (χ1v) is 9.94. The average molecular weight is 407 g/mol. The number of hydrogen-bond acceptors (Lipinski definition) is 4. The highest BCUT2D eigenvalue weighted by Gasteiger charge is 2.20. The van der Waals surface area contributed by atoms with Gasteiger partial charge in [-0.3, -0.25) is 14.2 Å². The predicted octanol–water partition coefficient (Wildman–Crippen LogP) is 4.77. The smallest absolute Gasteiger partial charge is 0.263 e. The topological polar surface area (TPSA) is 64.0 Å². The number of carbonyl (C=O) groups excluding carboxylic acids is 1. The highest BCUT2D eigenvalue weighted by atomic mass is 32.1. The number of nitrogens with zero attached hydrogens (tertiary/aromatic N) is 2. The van der Waals surface area contributed by atoms with Crippen molar-refractivity contribution < 1.29 is 9.18 Å². The van der Waals surface area contributed by atoms with Crippen LogP contribution in [0.3, 0.4) is 0 Å². The van der Waals surface area contributed by atoms with E-state index in [1.807, 2.05) is 36.6 Å². The first-order chi connectivity index (χ1) is 13.9. The maximum Gasteiger partial charge on any atom is 0.263 e. The third kappa shape index (κ3) is 3.69. The molecule has 0 unspecified atom stereocenters. The molecular formula is C22H18FN3O2S. The molecule has 2 aromatic carbocycles. The molecule has 1 amide bonds. The van der Waals surface area contributed by atoms with Gasteiger partial charge in [0.25, 0.3) is 5.56 Å². The van der Waals surface area contributed by atoms with E-state index >= 15 is 0 Å². The van der Waals surface area contributed by atoms with Crippen molar-refractivity contribution >= 4 is 33.1 Å². The number of hydrogen-bond donors (Lipinski definition) is 1. The van der Waals surface area contributed by atoms with Gasteiger partial charge >= 0.3 is 0 Å². The van der Waals surface area contributed by atoms with Crippen LogP contribution in [0.25, 0.3) is 21.3 Å². The zero-order chi connectivity index (χ0) is 20.5. The maximum absolute atomic E-state index is 13.2. The van der Waals surface area contributed by atoms with Gasteiger partial charge in [0.1, 0.15) is 16.7 Å². The summed E-state index contributed by atoms with van der Waals surface area (Å²) >= 11 is 1.40. The Morgan fingerprint density at radius 1 is 1.14 bits per heavy atom. The Bertz CT molecular complexity index is 1240. The molecule has 146 valence electrons. The molecule has 0 spiro atoms. The van der Waals surface area contributed by atoms with Crippen LogP contribution in [-0.4, -0.2) is 15.5 Å². The normalized spacial score (nSPS) is 12.1. The van der Waals surface area contributed by atoms with Gasteiger partial charge in [0.15, 0.2) is 0 Å². The lowest BCUT2D eigenvalue weighted by Gasteiger charge is -2.15. The second-order valence-electron chi connectivity index (χ2n) is 6.82. The van der Waals surface area contributed by atoms with E-state index in [1.54, 1.807) is 6.92 Å². The van der Waals surface area contributed by atoms with E-state index in [0.29, 0.717) is 15.9 Å². The Kier molecular flexibility index (Phi) is 4.98. The summed E-state index contributed by atoms with van der Waals surface area (Å²) in [6.07, 6.45) is 1.40. The van der Waals surface area contributed by atoms with Gasteiger partial charge in [-0.15, -0.1) is 11.3 Å². The van der Waals surface area contributed by atoms with Gasteiger partial charge in [-0.1, -0.05) is 29.8 Å². The van der Waals surface area contributed by atoms with Crippen molar-refractivity contribution in [2.75, 3.05) is 5.32 Å². The Balaban J connectivity index is 1.70. The average Bonchev–Trinajstić information content (AvgIpc) is 3.15. The minimum atomic E-state index is -0.782. The van der Waals surface area contributed by atoms with Crippen molar-refractivity contribution in [1.82, 2.24) is 9.55 Å². The molecular weight excluding hydrogens is 389 g/mol. The Morgan fingerprint density at radius 3 is 2.52 bits per heavy atom. The summed E-state index contributed by atoms with van der Waals surface area (Å²) in [5.41, 5.74) is 3.06. The Morgan fingerprint density at radius 2 is 1.83 bits per heavy atom. The van der Waals surface area contributed by atoms with Crippen molar-refractivity contribution in [3.05, 3.63) is 82.0 Å². The number of fused-ring (bicyclic) bond motifs is 1. The summed E-state index contributed by atoms with van der Waals surface area (Å²) < 4.78 is 14.4. The molecule has 0 bridgehead atoms. The molecule has 5 nitrogen and oxygen atoms in total. The molecule has 7 heteroatoms. The quantitative estimate of drug-likeness (QED) is 0.530. The number of thiophene rings is 1. The molecule has 1 N–H and O–H groups in total. The highest BCUT2D eigenvalue weighted by Crippen LogP contribution is 2.31. The molecule has 0 radical (unpaired) electrons. The minimum Gasteiger partial charge on any atom is -0.324 e. The second kappa shape index (κ2) is 7.60. The standard InChI is InChI=1S/C22H18FN3O2S/c1-13-3-5-15(6-4-13)18-11-29-21-19(18)22(28)26(12-24-21)14(2)20(27)25-17-9-7-16(23)8-10-17/h3-12,14H,1-2H3,(H,25,27)/t14-/m1/s1. The van der Waals surface area contributed by atoms with Crippen LogP contribution in [0.4, 0.5) is 10.1 Å². The molecule has 0 aliphatic carbocycles. The molecule has 0 saturated carbocycles. The van der Waals surface area contributed by atoms with Gasteiger partial charge in [-0.2, -0.15) is 0 Å². The molecule has 0 fully saturated rings. The molecule has 0 aliphatic rings. The van der Waals surface area contributed by atoms with Crippen LogP contribution in [0.1, 0.15) is 18.5 Å². The number of nitrogens with one attached hydrogen (secondary N) is 1. The Hall–Kier alpha value is -3.32. The van der Waals surface area contributed by atoms with Crippen LogP contribution in [-0.2, 0) is 4.79 Å². The van der Waals surface area contributed by atoms with Crippen molar-refractivity contribution in [3.8, 4) is 11.1 Å². The van der Waals surface area contributed by atoms with E-state index in [2.05, 4.69) is 10.3 Å². The van der Waals surface area contributed by atoms with E-state index in [-0.39, 0.29) is 17.3 Å². The summed E-state index contributed by atoms with van der Waals surface area (Å²) in [6, 6.07) is 12.6. The number of halogens is 1. The van der Waals surface area contributed by atoms with E-state index < -0.39 is 6.04 Å². The lowest BCUT2D eigenvalue weighted by atomic mass is 10.0. The SMILES string of the molecule is Cc1ccc(-c2csc3ncn([C@H](C)C(=O)Nc4ccc(F)cc4)c(=O)c23)cc1. The van der Waals surface area contributed by atoms with Gasteiger partial charge in [0, 0.05) is 16.6 Å². The first kappa shape index (κ1) is 19.0. The molecule has 0 saturated heterocycles. The van der Waals surface area contributed by atoms with E-state index in [0.717, 1.165) is 16.7 Å². The molecule has 4 rings (SSSR count). The van der Waals surface area contributed by atoms with Crippen LogP contribution in [0.2, 0.25) is 0 Å². The van der Waals surface area contributed by atoms with Crippen molar-refractivity contribution in [1.29, 1.82) is 0 Å². The molecule has 2 heterocycles. The molecule has 29 heavy (non-hydrogen) atoms. The van der Waals surface area contributed by atoms with Gasteiger partial charge in [0.2, 0.25) is 5.91 Å². The lowest BCUT2D eigenvalue weighted by molar-refractivity contribution is -0.118. The van der Waals surface area contributed by atoms with E-state index in [4.69, 9.17) is 0 Å². The second-order valence-corrected chi connectivity index (χ2v) is 7.68. The third-order valence-corrected chi connectivity index (χ3v) is 5.68. The predicted molar refractivity (Wildman–Crippen MR) is 114 cm³/mol. The van der Waals surface area contributed by atoms with E-state index in [1.165, 1.54) is 46.5 Å². The fourth-order valence-corrected chi connectivity index (χ4v) is 3.98. The zero-order valence-corrected chi connectivity index (χ0v) is 16.7. The largest absolute Gasteiger partial charge is 0.324 e. The number of carbonyl (C=O) groups is 1. The van der Waals surface area contributed by atoms with Crippen LogP contribution < -0.4 is 10.9 Å². The van der Waals surface area contributed by atoms with Crippen LogP contribution in [0.15, 0.2) is 65.0 Å². The van der Waals surface area contributed by atoms with E-state index in [9.17, 15) is 14.0 Å². The minimum absolute atomic E-state index is 0.270. The van der Waals surface area contributed by atoms with Crippen molar-refractivity contribution in [2.45, 2.75) is 19.9 Å². The fourth-order valence-electron chi connectivity index (χ4n) is 3.07. The zero-order valence-electron chi connectivity index (χ0n) is 15.8. The summed E-state index contributed by atoms with van der Waals surface area (Å²) in [5, 5.41) is 5.12. The highest BCUT2D eigenvalue weighted by molar-refractivity contribution is 7.17. The van der Waals surface area contributed by atoms with Gasteiger partial charge in [0.05, 0.1) is 11.7 Å². The number of aryl methyl sites for hydroxylation is 1. The summed E-state index contributed by atoms with van der Waals surface area (Å²) in [7, 11) is 0. The number of amides is 1. The van der Waals surface area contributed by atoms with Gasteiger partial charge in [-0.05, 0) is 43.7 Å². The molecule has 2 aromatic heterocycles. The first-order valence-electron chi connectivity index (χ1n) is 9.06. The number of rotatable bonds is 4. The lowest BCUT2D eigenvalue weighted by Crippen LogP contribution is -2.31. The van der Waals surface area contributed by atoms with Crippen molar-refractivity contribution in [2.24, 2.45) is 0 Å².